The van der Waals surface area contributed by atoms with Crippen LogP contribution < -0.4 is 15.5 Å². The Bertz CT molecular complexity index is 1080. The lowest BCUT2D eigenvalue weighted by molar-refractivity contribution is -0.126. The van der Waals surface area contributed by atoms with Crippen molar-refractivity contribution in [2.45, 2.75) is 19.3 Å². The van der Waals surface area contributed by atoms with Gasteiger partial charge in [-0.2, -0.15) is 0 Å². The fourth-order valence-electron chi connectivity index (χ4n) is 3.95. The summed E-state index contributed by atoms with van der Waals surface area (Å²) in [5.41, 5.74) is 3.05. The van der Waals surface area contributed by atoms with Gasteiger partial charge in [-0.15, -0.1) is 0 Å². The van der Waals surface area contributed by atoms with Gasteiger partial charge in [0.25, 0.3) is 0 Å². The molecule has 3 aromatic rings. The molecular formula is C24H26N4O3. The number of para-hydroxylation sites is 2. The number of fused-ring (bicyclic) bond motifs is 1. The van der Waals surface area contributed by atoms with Gasteiger partial charge in [-0.3, -0.25) is 14.4 Å². The topological polar surface area (TPSA) is 94.3 Å². The number of carbonyl (C=O) groups excluding carboxylic acids is 3. The number of amides is 3. The predicted molar refractivity (Wildman–Crippen MR) is 120 cm³/mol. The molecule has 0 bridgehead atoms. The maximum atomic E-state index is 12.4. The second-order valence-corrected chi connectivity index (χ2v) is 7.74. The smallest absolute Gasteiger partial charge is 0.227 e. The first kappa shape index (κ1) is 20.7. The molecule has 160 valence electrons. The van der Waals surface area contributed by atoms with Crippen LogP contribution in [0, 0.1) is 5.92 Å². The molecule has 1 atom stereocenters. The molecule has 31 heavy (non-hydrogen) atoms. The van der Waals surface area contributed by atoms with Crippen molar-refractivity contribution in [1.82, 2.24) is 15.6 Å². The van der Waals surface area contributed by atoms with E-state index in [2.05, 4.69) is 21.7 Å². The number of benzene rings is 2. The van der Waals surface area contributed by atoms with Gasteiger partial charge in [-0.05, 0) is 30.2 Å². The van der Waals surface area contributed by atoms with Crippen LogP contribution >= 0.6 is 0 Å². The van der Waals surface area contributed by atoms with Gasteiger partial charge in [0, 0.05) is 55.3 Å². The number of anilines is 1. The summed E-state index contributed by atoms with van der Waals surface area (Å²) >= 11 is 0. The van der Waals surface area contributed by atoms with Crippen molar-refractivity contribution in [2.24, 2.45) is 5.92 Å². The molecule has 1 aliphatic rings. The van der Waals surface area contributed by atoms with E-state index in [4.69, 9.17) is 0 Å². The number of nitrogens with zero attached hydrogens (tertiary/aromatic N) is 1. The average molecular weight is 418 g/mol. The van der Waals surface area contributed by atoms with E-state index in [1.165, 1.54) is 5.39 Å². The Labute approximate surface area is 180 Å². The van der Waals surface area contributed by atoms with E-state index in [-0.39, 0.29) is 37.1 Å². The molecule has 0 saturated carbocycles. The summed E-state index contributed by atoms with van der Waals surface area (Å²) in [5, 5.41) is 6.86. The van der Waals surface area contributed by atoms with Crippen LogP contribution in [0.4, 0.5) is 5.69 Å². The molecular weight excluding hydrogens is 392 g/mol. The Morgan fingerprint density at radius 1 is 1.00 bits per heavy atom. The van der Waals surface area contributed by atoms with Crippen molar-refractivity contribution in [2.75, 3.05) is 24.5 Å². The van der Waals surface area contributed by atoms with Crippen molar-refractivity contribution in [3.05, 3.63) is 66.4 Å². The van der Waals surface area contributed by atoms with Crippen molar-refractivity contribution < 1.29 is 14.4 Å². The summed E-state index contributed by atoms with van der Waals surface area (Å²) in [6.07, 6.45) is 3.11. The number of rotatable bonds is 8. The molecule has 3 N–H and O–H groups in total. The van der Waals surface area contributed by atoms with Crippen LogP contribution in [0.25, 0.3) is 10.9 Å². The number of hydrogen-bond acceptors (Lipinski definition) is 3. The largest absolute Gasteiger partial charge is 0.361 e. The van der Waals surface area contributed by atoms with E-state index in [0.717, 1.165) is 23.2 Å². The van der Waals surface area contributed by atoms with Crippen LogP contribution in [-0.2, 0) is 20.8 Å². The summed E-state index contributed by atoms with van der Waals surface area (Å²) in [6, 6.07) is 17.4. The van der Waals surface area contributed by atoms with Crippen molar-refractivity contribution in [3.8, 4) is 0 Å². The molecule has 1 aromatic heterocycles. The summed E-state index contributed by atoms with van der Waals surface area (Å²) in [6.45, 7) is 1.16. The molecule has 1 saturated heterocycles. The summed E-state index contributed by atoms with van der Waals surface area (Å²) in [4.78, 5) is 41.6. The number of carbonyl (C=O) groups is 3. The van der Waals surface area contributed by atoms with Crippen molar-refractivity contribution in [1.29, 1.82) is 0 Å². The third kappa shape index (κ3) is 4.94. The Morgan fingerprint density at radius 3 is 2.61 bits per heavy atom. The van der Waals surface area contributed by atoms with E-state index in [9.17, 15) is 14.4 Å². The second-order valence-electron chi connectivity index (χ2n) is 7.74. The van der Waals surface area contributed by atoms with Gasteiger partial charge in [0.2, 0.25) is 17.7 Å². The van der Waals surface area contributed by atoms with Crippen molar-refractivity contribution in [3.63, 3.8) is 0 Å². The summed E-state index contributed by atoms with van der Waals surface area (Å²) < 4.78 is 0. The van der Waals surface area contributed by atoms with Crippen LogP contribution in [0.1, 0.15) is 18.4 Å². The zero-order valence-corrected chi connectivity index (χ0v) is 17.3. The van der Waals surface area contributed by atoms with Crippen LogP contribution in [0.5, 0.6) is 0 Å². The highest BCUT2D eigenvalue weighted by molar-refractivity contribution is 6.00. The van der Waals surface area contributed by atoms with Gasteiger partial charge >= 0.3 is 0 Å². The van der Waals surface area contributed by atoms with E-state index in [0.29, 0.717) is 13.1 Å². The third-order valence-electron chi connectivity index (χ3n) is 5.61. The van der Waals surface area contributed by atoms with Crippen molar-refractivity contribution >= 4 is 34.3 Å². The van der Waals surface area contributed by atoms with Gasteiger partial charge in [0.15, 0.2) is 0 Å². The molecule has 3 amide bonds. The van der Waals surface area contributed by atoms with Crippen LogP contribution in [0.15, 0.2) is 60.8 Å². The molecule has 2 heterocycles. The highest BCUT2D eigenvalue weighted by Gasteiger charge is 2.34. The first-order valence-electron chi connectivity index (χ1n) is 10.6. The monoisotopic (exact) mass is 418 g/mol. The van der Waals surface area contributed by atoms with E-state index < -0.39 is 5.92 Å². The molecule has 4 rings (SSSR count). The second kappa shape index (κ2) is 9.47. The minimum Gasteiger partial charge on any atom is -0.361 e. The SMILES string of the molecule is O=C(CCNC(=O)[C@@H]1CC(=O)N(c2ccccc2)C1)NCCc1c[nH]c2ccccc12. The first-order chi connectivity index (χ1) is 15.1. The minimum atomic E-state index is -0.391. The zero-order chi connectivity index (χ0) is 21.6. The molecule has 7 heteroatoms. The molecule has 7 nitrogen and oxygen atoms in total. The van der Waals surface area contributed by atoms with Gasteiger partial charge in [-0.25, -0.2) is 0 Å². The lowest BCUT2D eigenvalue weighted by Gasteiger charge is -2.16. The fraction of sp³-hybridized carbons (Fsp3) is 0.292. The Hall–Kier alpha value is -3.61. The molecule has 1 fully saturated rings. The van der Waals surface area contributed by atoms with Gasteiger partial charge < -0.3 is 20.5 Å². The van der Waals surface area contributed by atoms with Gasteiger partial charge in [-0.1, -0.05) is 36.4 Å². The minimum absolute atomic E-state index is 0.0543. The Morgan fingerprint density at radius 2 is 1.77 bits per heavy atom. The molecule has 0 aliphatic carbocycles. The highest BCUT2D eigenvalue weighted by atomic mass is 16.2. The number of hydrogen-bond donors (Lipinski definition) is 3. The van der Waals surface area contributed by atoms with E-state index in [1.807, 2.05) is 54.7 Å². The normalized spacial score (nSPS) is 15.9. The highest BCUT2D eigenvalue weighted by Crippen LogP contribution is 2.24. The standard InChI is InChI=1S/C24H26N4O3/c29-22(25-12-10-17-15-27-21-9-5-4-8-20(17)21)11-13-26-24(31)18-14-23(30)28(16-18)19-6-2-1-3-7-19/h1-9,15,18,27H,10-14,16H2,(H,25,29)(H,26,31)/t18-/m1/s1. The molecule has 0 unspecified atom stereocenters. The Balaban J connectivity index is 1.17. The lowest BCUT2D eigenvalue weighted by Crippen LogP contribution is -2.36. The quantitative estimate of drug-likeness (QED) is 0.524. The third-order valence-corrected chi connectivity index (χ3v) is 5.61. The molecule has 2 aromatic carbocycles. The van der Waals surface area contributed by atoms with Crippen LogP contribution in [-0.4, -0.2) is 42.3 Å². The molecule has 0 spiro atoms. The summed E-state index contributed by atoms with van der Waals surface area (Å²) in [7, 11) is 0. The number of nitrogens with one attached hydrogen (secondary N) is 3. The average Bonchev–Trinajstić information content (AvgIpc) is 3.38. The maximum Gasteiger partial charge on any atom is 0.227 e. The predicted octanol–water partition coefficient (Wildman–Crippen LogP) is 2.39. The number of aromatic amines is 1. The van der Waals surface area contributed by atoms with Gasteiger partial charge in [0.05, 0.1) is 5.92 Å². The van der Waals surface area contributed by atoms with Crippen LogP contribution in [0.3, 0.4) is 0 Å². The van der Waals surface area contributed by atoms with E-state index >= 15 is 0 Å². The zero-order valence-electron chi connectivity index (χ0n) is 17.3. The number of H-pyrrole nitrogens is 1. The molecule has 0 radical (unpaired) electrons. The van der Waals surface area contributed by atoms with Crippen LogP contribution in [0.2, 0.25) is 0 Å². The van der Waals surface area contributed by atoms with Gasteiger partial charge in [0.1, 0.15) is 0 Å². The summed E-state index contributed by atoms with van der Waals surface area (Å²) in [5.74, 6) is -0.731. The fourth-order valence-corrected chi connectivity index (χ4v) is 3.95. The first-order valence-corrected chi connectivity index (χ1v) is 10.6. The molecule has 1 aliphatic heterocycles. The van der Waals surface area contributed by atoms with E-state index in [1.54, 1.807) is 4.90 Å². The lowest BCUT2D eigenvalue weighted by atomic mass is 10.1. The Kier molecular flexibility index (Phi) is 6.31. The maximum absolute atomic E-state index is 12.4. The number of aromatic nitrogens is 1.